The van der Waals surface area contributed by atoms with Gasteiger partial charge in [-0.2, -0.15) is 12.6 Å². The molecule has 0 aliphatic heterocycles. The average Bonchev–Trinajstić information content (AvgIpc) is 2.29. The summed E-state index contributed by atoms with van der Waals surface area (Å²) in [6.45, 7) is 1.88. The Kier molecular flexibility index (Phi) is 3.74. The van der Waals surface area contributed by atoms with E-state index in [9.17, 15) is 4.39 Å². The Balaban J connectivity index is 2.48. The molecule has 0 radical (unpaired) electrons. The molecule has 0 aliphatic carbocycles. The number of rotatable bonds is 3. The van der Waals surface area contributed by atoms with Crippen LogP contribution in [0.1, 0.15) is 11.5 Å². The fourth-order valence-electron chi connectivity index (χ4n) is 1.65. The number of hydrogen-bond acceptors (Lipinski definition) is 3. The van der Waals surface area contributed by atoms with Crippen LogP contribution in [-0.4, -0.2) is 15.7 Å². The molecular formula is C13H13FN2S. The van der Waals surface area contributed by atoms with Crippen molar-refractivity contribution in [3.63, 3.8) is 0 Å². The second-order valence-electron chi connectivity index (χ2n) is 3.76. The summed E-state index contributed by atoms with van der Waals surface area (Å²) in [5, 5.41) is 0. The molecule has 0 spiro atoms. The first kappa shape index (κ1) is 12.0. The molecular weight excluding hydrogens is 235 g/mol. The lowest BCUT2D eigenvalue weighted by molar-refractivity contribution is 0.630. The van der Waals surface area contributed by atoms with E-state index in [2.05, 4.69) is 22.6 Å². The van der Waals surface area contributed by atoms with Crippen molar-refractivity contribution in [3.05, 3.63) is 47.7 Å². The van der Waals surface area contributed by atoms with Crippen LogP contribution in [0.15, 0.2) is 30.3 Å². The van der Waals surface area contributed by atoms with E-state index in [0.717, 1.165) is 5.69 Å². The normalized spacial score (nSPS) is 10.5. The molecule has 1 heterocycles. The smallest absolute Gasteiger partial charge is 0.132 e. The minimum Gasteiger partial charge on any atom is -0.238 e. The fraction of sp³-hybridized carbons (Fsp3) is 0.231. The van der Waals surface area contributed by atoms with E-state index in [0.29, 0.717) is 29.3 Å². The molecule has 1 aromatic heterocycles. The zero-order chi connectivity index (χ0) is 12.3. The SMILES string of the molecule is Cc1cc(-c2ccccc2F)nc(CCS)n1. The lowest BCUT2D eigenvalue weighted by atomic mass is 10.1. The summed E-state index contributed by atoms with van der Waals surface area (Å²) in [7, 11) is 0. The van der Waals surface area contributed by atoms with Crippen LogP contribution in [0.3, 0.4) is 0 Å². The quantitative estimate of drug-likeness (QED) is 0.845. The summed E-state index contributed by atoms with van der Waals surface area (Å²) in [5.74, 6) is 1.13. The number of hydrogen-bond donors (Lipinski definition) is 1. The third-order valence-corrected chi connectivity index (χ3v) is 2.61. The average molecular weight is 248 g/mol. The van der Waals surface area contributed by atoms with Gasteiger partial charge in [-0.1, -0.05) is 12.1 Å². The minimum atomic E-state index is -0.262. The van der Waals surface area contributed by atoms with Gasteiger partial charge in [0, 0.05) is 17.7 Å². The Morgan fingerprint density at radius 1 is 1.24 bits per heavy atom. The highest BCUT2D eigenvalue weighted by molar-refractivity contribution is 7.80. The van der Waals surface area contributed by atoms with E-state index in [1.54, 1.807) is 24.3 Å². The first-order chi connectivity index (χ1) is 8.20. The van der Waals surface area contributed by atoms with Gasteiger partial charge in [-0.05, 0) is 30.9 Å². The van der Waals surface area contributed by atoms with Crippen molar-refractivity contribution >= 4 is 12.6 Å². The van der Waals surface area contributed by atoms with Crippen LogP contribution < -0.4 is 0 Å². The molecule has 0 saturated carbocycles. The van der Waals surface area contributed by atoms with Gasteiger partial charge < -0.3 is 0 Å². The zero-order valence-electron chi connectivity index (χ0n) is 9.52. The van der Waals surface area contributed by atoms with Crippen molar-refractivity contribution in [2.45, 2.75) is 13.3 Å². The molecule has 0 N–H and O–H groups in total. The van der Waals surface area contributed by atoms with Crippen molar-refractivity contribution in [1.82, 2.24) is 9.97 Å². The van der Waals surface area contributed by atoms with Crippen molar-refractivity contribution in [2.24, 2.45) is 0 Å². The lowest BCUT2D eigenvalue weighted by Gasteiger charge is -2.06. The first-order valence-corrected chi connectivity index (χ1v) is 6.04. The van der Waals surface area contributed by atoms with Crippen molar-refractivity contribution in [3.8, 4) is 11.3 Å². The fourth-order valence-corrected chi connectivity index (χ4v) is 1.85. The maximum Gasteiger partial charge on any atom is 0.132 e. The minimum absolute atomic E-state index is 0.262. The largest absolute Gasteiger partial charge is 0.238 e. The molecule has 17 heavy (non-hydrogen) atoms. The Morgan fingerprint density at radius 2 is 2.00 bits per heavy atom. The summed E-state index contributed by atoms with van der Waals surface area (Å²) in [5.41, 5.74) is 1.99. The van der Waals surface area contributed by atoms with Gasteiger partial charge in [0.2, 0.25) is 0 Å². The first-order valence-electron chi connectivity index (χ1n) is 5.41. The van der Waals surface area contributed by atoms with Crippen molar-refractivity contribution in [2.75, 3.05) is 5.75 Å². The molecule has 0 aliphatic rings. The van der Waals surface area contributed by atoms with Gasteiger partial charge in [0.25, 0.3) is 0 Å². The van der Waals surface area contributed by atoms with Crippen LogP contribution in [0.4, 0.5) is 4.39 Å². The van der Waals surface area contributed by atoms with E-state index in [4.69, 9.17) is 0 Å². The highest BCUT2D eigenvalue weighted by Gasteiger charge is 2.08. The van der Waals surface area contributed by atoms with Crippen molar-refractivity contribution in [1.29, 1.82) is 0 Å². The molecule has 0 atom stereocenters. The summed E-state index contributed by atoms with van der Waals surface area (Å²) in [6.07, 6.45) is 0.687. The molecule has 0 amide bonds. The van der Waals surface area contributed by atoms with Gasteiger partial charge in [-0.25, -0.2) is 14.4 Å². The monoisotopic (exact) mass is 248 g/mol. The van der Waals surface area contributed by atoms with E-state index in [1.165, 1.54) is 6.07 Å². The Bertz CT molecular complexity index is 529. The van der Waals surface area contributed by atoms with Gasteiger partial charge in [0.05, 0.1) is 5.69 Å². The summed E-state index contributed by atoms with van der Waals surface area (Å²) < 4.78 is 13.6. The van der Waals surface area contributed by atoms with E-state index >= 15 is 0 Å². The number of halogens is 1. The second kappa shape index (κ2) is 5.27. The standard InChI is InChI=1S/C13H13FN2S/c1-9-8-12(16-13(15-9)6-7-17)10-4-2-3-5-11(10)14/h2-5,8,17H,6-7H2,1H3. The summed E-state index contributed by atoms with van der Waals surface area (Å²) in [6, 6.07) is 8.42. The van der Waals surface area contributed by atoms with Gasteiger partial charge in [0.15, 0.2) is 0 Å². The highest BCUT2D eigenvalue weighted by atomic mass is 32.1. The molecule has 0 unspecified atom stereocenters. The topological polar surface area (TPSA) is 25.8 Å². The number of thiol groups is 1. The molecule has 2 aromatic rings. The third kappa shape index (κ3) is 2.82. The van der Waals surface area contributed by atoms with Crippen LogP contribution in [0.25, 0.3) is 11.3 Å². The number of nitrogens with zero attached hydrogens (tertiary/aromatic N) is 2. The molecule has 0 saturated heterocycles. The zero-order valence-corrected chi connectivity index (χ0v) is 10.4. The highest BCUT2D eigenvalue weighted by Crippen LogP contribution is 2.21. The molecule has 1 aromatic carbocycles. The number of benzene rings is 1. The molecule has 0 bridgehead atoms. The lowest BCUT2D eigenvalue weighted by Crippen LogP contribution is -2.00. The molecule has 2 rings (SSSR count). The maximum absolute atomic E-state index is 13.6. The maximum atomic E-state index is 13.6. The van der Waals surface area contributed by atoms with Gasteiger partial charge in [-0.15, -0.1) is 0 Å². The molecule has 4 heteroatoms. The molecule has 88 valence electrons. The predicted molar refractivity (Wildman–Crippen MR) is 69.7 cm³/mol. The number of aromatic nitrogens is 2. The van der Waals surface area contributed by atoms with E-state index in [1.807, 2.05) is 6.92 Å². The Labute approximate surface area is 105 Å². The third-order valence-electron chi connectivity index (χ3n) is 2.39. The Hall–Kier alpha value is -1.42. The Morgan fingerprint density at radius 3 is 2.71 bits per heavy atom. The van der Waals surface area contributed by atoms with Crippen LogP contribution in [0.2, 0.25) is 0 Å². The van der Waals surface area contributed by atoms with Crippen molar-refractivity contribution < 1.29 is 4.39 Å². The van der Waals surface area contributed by atoms with Crippen LogP contribution in [-0.2, 0) is 6.42 Å². The summed E-state index contributed by atoms with van der Waals surface area (Å²) >= 11 is 4.15. The second-order valence-corrected chi connectivity index (χ2v) is 4.21. The van der Waals surface area contributed by atoms with Crippen LogP contribution >= 0.6 is 12.6 Å². The molecule has 0 fully saturated rings. The predicted octanol–water partition coefficient (Wildman–Crippen LogP) is 3.06. The van der Waals surface area contributed by atoms with Gasteiger partial charge in [-0.3, -0.25) is 0 Å². The van der Waals surface area contributed by atoms with Crippen LogP contribution in [0, 0.1) is 12.7 Å². The van der Waals surface area contributed by atoms with Gasteiger partial charge in [0.1, 0.15) is 11.6 Å². The van der Waals surface area contributed by atoms with Crippen LogP contribution in [0.5, 0.6) is 0 Å². The van der Waals surface area contributed by atoms with E-state index < -0.39 is 0 Å². The number of aryl methyl sites for hydroxylation is 2. The van der Waals surface area contributed by atoms with Gasteiger partial charge >= 0.3 is 0 Å². The van der Waals surface area contributed by atoms with E-state index in [-0.39, 0.29) is 5.82 Å². The molecule has 2 nitrogen and oxygen atoms in total. The summed E-state index contributed by atoms with van der Waals surface area (Å²) in [4.78, 5) is 8.65.